The van der Waals surface area contributed by atoms with Gasteiger partial charge >= 0.3 is 0 Å². The highest BCUT2D eigenvalue weighted by molar-refractivity contribution is 9.10. The van der Waals surface area contributed by atoms with E-state index >= 15 is 0 Å². The van der Waals surface area contributed by atoms with Crippen LogP contribution in [0.1, 0.15) is 17.3 Å². The van der Waals surface area contributed by atoms with Crippen LogP contribution in [0.5, 0.6) is 5.75 Å². The molecule has 0 heterocycles. The van der Waals surface area contributed by atoms with E-state index in [9.17, 15) is 9.18 Å². The van der Waals surface area contributed by atoms with Gasteiger partial charge in [-0.2, -0.15) is 0 Å². The predicted molar refractivity (Wildman–Crippen MR) is 84.7 cm³/mol. The third kappa shape index (κ3) is 3.95. The van der Waals surface area contributed by atoms with Crippen LogP contribution in [0.15, 0.2) is 40.9 Å². The number of amides is 1. The molecular weight excluding hydrogens is 361 g/mol. The van der Waals surface area contributed by atoms with E-state index in [4.69, 9.17) is 16.3 Å². The molecule has 6 heteroatoms. The third-order valence-corrected chi connectivity index (χ3v) is 3.39. The van der Waals surface area contributed by atoms with Crippen molar-refractivity contribution >= 4 is 39.1 Å². The summed E-state index contributed by atoms with van der Waals surface area (Å²) in [5.74, 6) is -0.696. The minimum atomic E-state index is -0.601. The van der Waals surface area contributed by atoms with Crippen LogP contribution in [0, 0.1) is 5.82 Å². The van der Waals surface area contributed by atoms with Crippen LogP contribution in [-0.4, -0.2) is 12.5 Å². The Balaban J connectivity index is 2.31. The minimum absolute atomic E-state index is 0.0631. The van der Waals surface area contributed by atoms with Gasteiger partial charge in [-0.1, -0.05) is 27.5 Å². The summed E-state index contributed by atoms with van der Waals surface area (Å²) in [6.07, 6.45) is 0. The molecule has 2 rings (SSSR count). The molecule has 0 unspecified atom stereocenters. The predicted octanol–water partition coefficient (Wildman–Crippen LogP) is 4.89. The van der Waals surface area contributed by atoms with Crippen molar-refractivity contribution in [2.75, 3.05) is 11.9 Å². The smallest absolute Gasteiger partial charge is 0.258 e. The zero-order valence-electron chi connectivity index (χ0n) is 11.1. The molecule has 3 nitrogen and oxygen atoms in total. The van der Waals surface area contributed by atoms with Gasteiger partial charge in [-0.05, 0) is 43.3 Å². The summed E-state index contributed by atoms with van der Waals surface area (Å²) >= 11 is 9.12. The Bertz CT molecular complexity index is 679. The summed E-state index contributed by atoms with van der Waals surface area (Å²) in [4.78, 5) is 12.2. The normalized spacial score (nSPS) is 10.3. The van der Waals surface area contributed by atoms with Crippen molar-refractivity contribution in [2.45, 2.75) is 6.92 Å². The van der Waals surface area contributed by atoms with E-state index in [-0.39, 0.29) is 5.56 Å². The molecule has 1 N–H and O–H groups in total. The van der Waals surface area contributed by atoms with Gasteiger partial charge in [0.15, 0.2) is 0 Å². The Morgan fingerprint density at radius 3 is 2.81 bits per heavy atom. The summed E-state index contributed by atoms with van der Waals surface area (Å²) in [6.45, 7) is 2.27. The zero-order valence-corrected chi connectivity index (χ0v) is 13.5. The molecule has 0 aliphatic heterocycles. The van der Waals surface area contributed by atoms with Crippen LogP contribution >= 0.6 is 27.5 Å². The Morgan fingerprint density at radius 2 is 2.10 bits per heavy atom. The molecule has 0 saturated heterocycles. The molecule has 0 saturated carbocycles. The summed E-state index contributed by atoms with van der Waals surface area (Å²) in [7, 11) is 0. The zero-order chi connectivity index (χ0) is 15.4. The van der Waals surface area contributed by atoms with Gasteiger partial charge in [-0.3, -0.25) is 4.79 Å². The van der Waals surface area contributed by atoms with Gasteiger partial charge in [-0.25, -0.2) is 4.39 Å². The highest BCUT2D eigenvalue weighted by Gasteiger charge is 2.15. The highest BCUT2D eigenvalue weighted by atomic mass is 79.9. The molecule has 110 valence electrons. The van der Waals surface area contributed by atoms with Crippen LogP contribution < -0.4 is 10.1 Å². The SMILES string of the molecule is CCOc1ccc(Cl)cc1NC(=O)c1cc(Br)ccc1F. The number of anilines is 1. The van der Waals surface area contributed by atoms with Crippen molar-refractivity contribution in [2.24, 2.45) is 0 Å². The van der Waals surface area contributed by atoms with Crippen molar-refractivity contribution in [3.05, 3.63) is 57.3 Å². The largest absolute Gasteiger partial charge is 0.492 e. The maximum absolute atomic E-state index is 13.7. The lowest BCUT2D eigenvalue weighted by Crippen LogP contribution is -2.14. The van der Waals surface area contributed by atoms with Crippen LogP contribution in [0.3, 0.4) is 0 Å². The molecule has 0 aromatic heterocycles. The Morgan fingerprint density at radius 1 is 1.33 bits per heavy atom. The quantitative estimate of drug-likeness (QED) is 0.829. The number of ether oxygens (including phenoxy) is 1. The number of nitrogens with one attached hydrogen (secondary N) is 1. The lowest BCUT2D eigenvalue weighted by molar-refractivity contribution is 0.102. The van der Waals surface area contributed by atoms with Crippen LogP contribution in [0.2, 0.25) is 5.02 Å². The molecule has 0 radical (unpaired) electrons. The van der Waals surface area contributed by atoms with E-state index in [0.717, 1.165) is 0 Å². The maximum Gasteiger partial charge on any atom is 0.258 e. The van der Waals surface area contributed by atoms with E-state index in [1.54, 1.807) is 18.2 Å². The molecule has 0 bridgehead atoms. The van der Waals surface area contributed by atoms with Gasteiger partial charge in [0.1, 0.15) is 11.6 Å². The molecular formula is C15H12BrClFNO2. The molecule has 21 heavy (non-hydrogen) atoms. The number of carbonyl (C=O) groups is 1. The number of hydrogen-bond donors (Lipinski definition) is 1. The van der Waals surface area contributed by atoms with Crippen LogP contribution in [-0.2, 0) is 0 Å². The van der Waals surface area contributed by atoms with Gasteiger partial charge in [0.25, 0.3) is 5.91 Å². The van der Waals surface area contributed by atoms with Gasteiger partial charge in [0, 0.05) is 9.50 Å². The first-order valence-electron chi connectivity index (χ1n) is 6.20. The van der Waals surface area contributed by atoms with E-state index in [1.165, 1.54) is 18.2 Å². The van der Waals surface area contributed by atoms with Gasteiger partial charge in [-0.15, -0.1) is 0 Å². The minimum Gasteiger partial charge on any atom is -0.492 e. The first-order valence-corrected chi connectivity index (χ1v) is 7.37. The van der Waals surface area contributed by atoms with Gasteiger partial charge in [0.05, 0.1) is 17.9 Å². The first kappa shape index (κ1) is 15.8. The number of halogens is 3. The Hall–Kier alpha value is -1.59. The van der Waals surface area contributed by atoms with Gasteiger partial charge in [0.2, 0.25) is 0 Å². The lowest BCUT2D eigenvalue weighted by atomic mass is 10.2. The standard InChI is InChI=1S/C15H12BrClFNO2/c1-2-21-14-6-4-10(17)8-13(14)19-15(20)11-7-9(16)3-5-12(11)18/h3-8H,2H2,1H3,(H,19,20). The molecule has 0 spiro atoms. The van der Waals surface area contributed by atoms with Gasteiger partial charge < -0.3 is 10.1 Å². The second-order valence-electron chi connectivity index (χ2n) is 4.15. The molecule has 2 aromatic carbocycles. The van der Waals surface area contributed by atoms with Crippen molar-refractivity contribution in [3.8, 4) is 5.75 Å². The fraction of sp³-hybridized carbons (Fsp3) is 0.133. The Kier molecular flexibility index (Phi) is 5.20. The number of benzene rings is 2. The highest BCUT2D eigenvalue weighted by Crippen LogP contribution is 2.29. The summed E-state index contributed by atoms with van der Waals surface area (Å²) < 4.78 is 19.7. The lowest BCUT2D eigenvalue weighted by Gasteiger charge is -2.12. The molecule has 0 aliphatic carbocycles. The summed E-state index contributed by atoms with van der Waals surface area (Å²) in [6, 6.07) is 9.02. The third-order valence-electron chi connectivity index (χ3n) is 2.66. The van der Waals surface area contributed by atoms with E-state index in [1.807, 2.05) is 6.92 Å². The molecule has 0 aliphatic rings. The van der Waals surface area contributed by atoms with E-state index in [0.29, 0.717) is 27.5 Å². The van der Waals surface area contributed by atoms with Crippen LogP contribution in [0.25, 0.3) is 0 Å². The fourth-order valence-electron chi connectivity index (χ4n) is 1.74. The van der Waals surface area contributed by atoms with E-state index in [2.05, 4.69) is 21.2 Å². The molecule has 1 amide bonds. The van der Waals surface area contributed by atoms with Crippen molar-refractivity contribution in [1.29, 1.82) is 0 Å². The van der Waals surface area contributed by atoms with Crippen molar-refractivity contribution < 1.29 is 13.9 Å². The number of hydrogen-bond acceptors (Lipinski definition) is 2. The first-order chi connectivity index (χ1) is 10.0. The second kappa shape index (κ2) is 6.91. The fourth-order valence-corrected chi connectivity index (χ4v) is 2.28. The average Bonchev–Trinajstić information content (AvgIpc) is 2.44. The number of carbonyl (C=O) groups excluding carboxylic acids is 1. The average molecular weight is 373 g/mol. The van der Waals surface area contributed by atoms with Crippen molar-refractivity contribution in [1.82, 2.24) is 0 Å². The summed E-state index contributed by atoms with van der Waals surface area (Å²) in [5.41, 5.74) is 0.334. The monoisotopic (exact) mass is 371 g/mol. The molecule has 2 aromatic rings. The topological polar surface area (TPSA) is 38.3 Å². The Labute approximate surface area is 135 Å². The summed E-state index contributed by atoms with van der Waals surface area (Å²) in [5, 5.41) is 3.06. The number of rotatable bonds is 4. The van der Waals surface area contributed by atoms with E-state index < -0.39 is 11.7 Å². The molecule has 0 atom stereocenters. The van der Waals surface area contributed by atoms with Crippen LogP contribution in [0.4, 0.5) is 10.1 Å². The maximum atomic E-state index is 13.7. The second-order valence-corrected chi connectivity index (χ2v) is 5.50. The van der Waals surface area contributed by atoms with Crippen molar-refractivity contribution in [3.63, 3.8) is 0 Å². The molecule has 0 fully saturated rings.